The van der Waals surface area contributed by atoms with Gasteiger partial charge in [-0.25, -0.2) is 4.39 Å². The Balaban J connectivity index is 1.50. The van der Waals surface area contributed by atoms with E-state index >= 15 is 4.39 Å². The second-order valence-electron chi connectivity index (χ2n) is 10.7. The standard InChI is InChI=1S/C29H31FN4O5/c30-25-22(24-10-20(38)9-17-3-1-2-4-21(17)24)7-8-23-26(25)32-28(39-16-29(13-35,14-36)15-37)33-27(23)34-11-18-5-6-19(12-34)31-18/h1-4,7-10,18-19,31,35-38H,5-6,11-16H2. The first-order valence-electron chi connectivity index (χ1n) is 13.1. The van der Waals surface area contributed by atoms with Gasteiger partial charge in [-0.2, -0.15) is 9.97 Å². The van der Waals surface area contributed by atoms with E-state index in [1.807, 2.05) is 24.3 Å². The van der Waals surface area contributed by atoms with Crippen molar-refractivity contribution < 1.29 is 29.6 Å². The van der Waals surface area contributed by atoms with Crippen molar-refractivity contribution in [3.8, 4) is 22.9 Å². The smallest absolute Gasteiger partial charge is 0.319 e. The van der Waals surface area contributed by atoms with E-state index in [9.17, 15) is 20.4 Å². The fraction of sp³-hybridized carbons (Fsp3) is 0.379. The number of anilines is 1. The summed E-state index contributed by atoms with van der Waals surface area (Å²) in [6.07, 6.45) is 2.12. The minimum atomic E-state index is -1.30. The predicted molar refractivity (Wildman–Crippen MR) is 145 cm³/mol. The van der Waals surface area contributed by atoms with E-state index in [0.29, 0.717) is 41.9 Å². The van der Waals surface area contributed by atoms with Crippen LogP contribution in [0.5, 0.6) is 11.8 Å². The summed E-state index contributed by atoms with van der Waals surface area (Å²) in [6, 6.07) is 14.6. The molecule has 1 aromatic heterocycles. The number of phenolic OH excluding ortho intramolecular Hbond substituents is 1. The Morgan fingerprint density at radius 2 is 1.64 bits per heavy atom. The number of nitrogens with zero attached hydrogens (tertiary/aromatic N) is 3. The van der Waals surface area contributed by atoms with Crippen LogP contribution < -0.4 is 15.0 Å². The Kier molecular flexibility index (Phi) is 6.72. The van der Waals surface area contributed by atoms with Crippen LogP contribution in [0.3, 0.4) is 0 Å². The highest BCUT2D eigenvalue weighted by Gasteiger charge is 2.35. The van der Waals surface area contributed by atoms with Gasteiger partial charge in [-0.05, 0) is 47.4 Å². The first-order chi connectivity index (χ1) is 18.9. The highest BCUT2D eigenvalue weighted by atomic mass is 19.1. The number of phenols is 1. The average Bonchev–Trinajstić information content (AvgIpc) is 3.30. The minimum Gasteiger partial charge on any atom is -0.508 e. The lowest BCUT2D eigenvalue weighted by Crippen LogP contribution is -2.51. The van der Waals surface area contributed by atoms with Crippen LogP contribution in [-0.4, -0.2) is 82.0 Å². The molecule has 3 heterocycles. The third kappa shape index (κ3) is 4.63. The van der Waals surface area contributed by atoms with Crippen molar-refractivity contribution in [2.45, 2.75) is 24.9 Å². The summed E-state index contributed by atoms with van der Waals surface area (Å²) >= 11 is 0. The van der Waals surface area contributed by atoms with E-state index in [0.717, 1.165) is 23.6 Å². The van der Waals surface area contributed by atoms with Crippen LogP contribution in [0.15, 0.2) is 48.5 Å². The molecule has 204 valence electrons. The normalized spacial score (nSPS) is 19.2. The SMILES string of the molecule is OCC(CO)(CO)COc1nc(N2CC3CCC(C2)N3)c2ccc(-c3cc(O)cc4ccccc34)c(F)c2n1. The van der Waals surface area contributed by atoms with Gasteiger partial charge in [0.2, 0.25) is 0 Å². The molecule has 2 saturated heterocycles. The fourth-order valence-electron chi connectivity index (χ4n) is 5.63. The van der Waals surface area contributed by atoms with Gasteiger partial charge in [0.1, 0.15) is 23.7 Å². The largest absolute Gasteiger partial charge is 0.508 e. The molecule has 0 aliphatic carbocycles. The maximum absolute atomic E-state index is 16.4. The Bertz CT molecular complexity index is 1510. The average molecular weight is 535 g/mol. The molecule has 0 spiro atoms. The summed E-state index contributed by atoms with van der Waals surface area (Å²) < 4.78 is 22.2. The molecule has 6 rings (SSSR count). The van der Waals surface area contributed by atoms with Crippen molar-refractivity contribution in [1.82, 2.24) is 15.3 Å². The molecule has 2 aliphatic heterocycles. The molecule has 9 nitrogen and oxygen atoms in total. The second kappa shape index (κ2) is 10.2. The third-order valence-corrected chi connectivity index (χ3v) is 7.93. The first-order valence-corrected chi connectivity index (χ1v) is 13.1. The maximum Gasteiger partial charge on any atom is 0.319 e. The van der Waals surface area contributed by atoms with Crippen molar-refractivity contribution in [2.75, 3.05) is 44.4 Å². The first kappa shape index (κ1) is 25.7. The molecule has 2 atom stereocenters. The number of rotatable bonds is 8. The van der Waals surface area contributed by atoms with Gasteiger partial charge in [0, 0.05) is 36.1 Å². The number of halogens is 1. The molecule has 0 saturated carbocycles. The Morgan fingerprint density at radius 3 is 2.36 bits per heavy atom. The fourth-order valence-corrected chi connectivity index (χ4v) is 5.63. The number of aromatic nitrogens is 2. The molecule has 2 bridgehead atoms. The molecular weight excluding hydrogens is 503 g/mol. The monoisotopic (exact) mass is 534 g/mol. The highest BCUT2D eigenvalue weighted by Crippen LogP contribution is 2.39. The van der Waals surface area contributed by atoms with Crippen molar-refractivity contribution >= 4 is 27.5 Å². The highest BCUT2D eigenvalue weighted by molar-refractivity contribution is 6.01. The molecule has 39 heavy (non-hydrogen) atoms. The molecule has 0 radical (unpaired) electrons. The summed E-state index contributed by atoms with van der Waals surface area (Å²) in [5, 5.41) is 45.2. The van der Waals surface area contributed by atoms with Gasteiger partial charge in [0.15, 0.2) is 5.82 Å². The molecule has 2 aliphatic rings. The lowest BCUT2D eigenvalue weighted by Gasteiger charge is -2.34. The van der Waals surface area contributed by atoms with Gasteiger partial charge in [-0.1, -0.05) is 30.3 Å². The lowest BCUT2D eigenvalue weighted by atomic mass is 9.93. The topological polar surface area (TPSA) is 131 Å². The van der Waals surface area contributed by atoms with Gasteiger partial charge in [0.05, 0.1) is 25.2 Å². The predicted octanol–water partition coefficient (Wildman–Crippen LogP) is 2.58. The van der Waals surface area contributed by atoms with Crippen LogP contribution in [-0.2, 0) is 0 Å². The quantitative estimate of drug-likeness (QED) is 0.231. The van der Waals surface area contributed by atoms with Crippen molar-refractivity contribution in [3.63, 3.8) is 0 Å². The Hall–Kier alpha value is -3.57. The summed E-state index contributed by atoms with van der Waals surface area (Å²) in [6.45, 7) is -0.375. The Labute approximate surface area is 224 Å². The number of fused-ring (bicyclic) bond motifs is 4. The molecule has 2 fully saturated rings. The van der Waals surface area contributed by atoms with Crippen LogP contribution in [0.4, 0.5) is 10.2 Å². The van der Waals surface area contributed by atoms with Gasteiger partial charge < -0.3 is 35.4 Å². The number of nitrogens with one attached hydrogen (secondary N) is 1. The van der Waals surface area contributed by atoms with Crippen LogP contribution >= 0.6 is 0 Å². The molecule has 10 heteroatoms. The van der Waals surface area contributed by atoms with Gasteiger partial charge in [-0.15, -0.1) is 0 Å². The summed E-state index contributed by atoms with van der Waals surface area (Å²) in [4.78, 5) is 11.2. The minimum absolute atomic E-state index is 0.0280. The number of hydrogen-bond acceptors (Lipinski definition) is 9. The molecule has 0 amide bonds. The van der Waals surface area contributed by atoms with E-state index < -0.39 is 31.1 Å². The van der Waals surface area contributed by atoms with E-state index in [1.165, 1.54) is 6.07 Å². The van der Waals surface area contributed by atoms with Crippen LogP contribution in [0.2, 0.25) is 0 Å². The second-order valence-corrected chi connectivity index (χ2v) is 10.7. The maximum atomic E-state index is 16.4. The van der Waals surface area contributed by atoms with Crippen molar-refractivity contribution in [2.24, 2.45) is 5.41 Å². The van der Waals surface area contributed by atoms with Gasteiger partial charge >= 0.3 is 6.01 Å². The third-order valence-electron chi connectivity index (χ3n) is 7.93. The number of ether oxygens (including phenoxy) is 1. The van der Waals surface area contributed by atoms with E-state index in [2.05, 4.69) is 20.2 Å². The number of aromatic hydroxyl groups is 1. The number of aliphatic hydroxyl groups is 3. The number of piperazine rings is 1. The summed E-state index contributed by atoms with van der Waals surface area (Å²) in [7, 11) is 0. The van der Waals surface area contributed by atoms with Crippen molar-refractivity contribution in [1.29, 1.82) is 0 Å². The summed E-state index contributed by atoms with van der Waals surface area (Å²) in [5.41, 5.74) is -0.421. The van der Waals surface area contributed by atoms with E-state index in [1.54, 1.807) is 18.2 Å². The van der Waals surface area contributed by atoms with Gasteiger partial charge in [0.25, 0.3) is 0 Å². The number of aliphatic hydroxyl groups excluding tert-OH is 3. The molecule has 5 N–H and O–H groups in total. The van der Waals surface area contributed by atoms with Crippen LogP contribution in [0.1, 0.15) is 12.8 Å². The Morgan fingerprint density at radius 1 is 0.923 bits per heavy atom. The zero-order valence-corrected chi connectivity index (χ0v) is 21.3. The van der Waals surface area contributed by atoms with Crippen molar-refractivity contribution in [3.05, 3.63) is 54.3 Å². The lowest BCUT2D eigenvalue weighted by molar-refractivity contribution is -0.0277. The van der Waals surface area contributed by atoms with Gasteiger partial charge in [-0.3, -0.25) is 0 Å². The number of benzene rings is 3. The molecule has 4 aromatic rings. The zero-order chi connectivity index (χ0) is 27.1. The molecular formula is C29H31FN4O5. The van der Waals surface area contributed by atoms with Crippen LogP contribution in [0.25, 0.3) is 32.8 Å². The summed E-state index contributed by atoms with van der Waals surface area (Å²) in [5.74, 6) is -0.00459. The van der Waals surface area contributed by atoms with E-state index in [-0.39, 0.29) is 29.4 Å². The number of hydrogen-bond donors (Lipinski definition) is 5. The molecule has 2 unspecified atom stereocenters. The zero-order valence-electron chi connectivity index (χ0n) is 21.3. The van der Waals surface area contributed by atoms with E-state index in [4.69, 9.17) is 4.74 Å². The van der Waals surface area contributed by atoms with Crippen LogP contribution in [0, 0.1) is 11.2 Å². The molecule has 3 aromatic carbocycles.